The molecule has 0 spiro atoms. The first-order valence-corrected chi connectivity index (χ1v) is 36.0. The van der Waals surface area contributed by atoms with E-state index in [-0.39, 0.29) is 31.1 Å². The summed E-state index contributed by atoms with van der Waals surface area (Å²) in [5.74, 6) is -0.862. The molecule has 0 saturated carbocycles. The van der Waals surface area contributed by atoms with Crippen LogP contribution in [0.3, 0.4) is 0 Å². The highest BCUT2D eigenvalue weighted by Crippen LogP contribution is 2.18. The van der Waals surface area contributed by atoms with Crippen molar-refractivity contribution < 1.29 is 28.6 Å². The van der Waals surface area contributed by atoms with Crippen LogP contribution >= 0.6 is 0 Å². The Morgan fingerprint density at radius 2 is 0.425 bits per heavy atom. The van der Waals surface area contributed by atoms with Gasteiger partial charge >= 0.3 is 17.9 Å². The lowest BCUT2D eigenvalue weighted by Crippen LogP contribution is -2.30. The van der Waals surface area contributed by atoms with Gasteiger partial charge in [0.2, 0.25) is 0 Å². The Morgan fingerprint density at radius 1 is 0.237 bits per heavy atom. The zero-order valence-electron chi connectivity index (χ0n) is 54.1. The first-order valence-electron chi connectivity index (χ1n) is 36.0. The Hall–Kier alpha value is -2.37. The van der Waals surface area contributed by atoms with Gasteiger partial charge in [-0.3, -0.25) is 14.4 Å². The molecule has 1 unspecified atom stereocenters. The Balaban J connectivity index is 4.07. The summed E-state index contributed by atoms with van der Waals surface area (Å²) in [6.07, 6.45) is 86.3. The van der Waals surface area contributed by atoms with Gasteiger partial charge in [-0.05, 0) is 89.9 Å². The molecule has 0 aliphatic carbocycles. The summed E-state index contributed by atoms with van der Waals surface area (Å²) in [6, 6.07) is 0. The predicted molar refractivity (Wildman–Crippen MR) is 349 cm³/mol. The molecule has 0 aliphatic rings. The van der Waals surface area contributed by atoms with Crippen molar-refractivity contribution in [2.45, 2.75) is 406 Å². The minimum absolute atomic E-state index is 0.0720. The molecule has 0 aromatic rings. The van der Waals surface area contributed by atoms with E-state index < -0.39 is 6.10 Å². The van der Waals surface area contributed by atoms with Gasteiger partial charge in [0.15, 0.2) is 6.10 Å². The lowest BCUT2D eigenvalue weighted by atomic mass is 10.0. The van der Waals surface area contributed by atoms with Crippen molar-refractivity contribution in [1.29, 1.82) is 0 Å². The van der Waals surface area contributed by atoms with E-state index in [1.807, 2.05) is 0 Å². The Labute approximate surface area is 499 Å². The number of hydrogen-bond acceptors (Lipinski definition) is 6. The summed E-state index contributed by atoms with van der Waals surface area (Å²) in [5, 5.41) is 0. The second kappa shape index (κ2) is 69.1. The molecule has 6 nitrogen and oxygen atoms in total. The Morgan fingerprint density at radius 3 is 0.662 bits per heavy atom. The number of hydrogen-bond donors (Lipinski definition) is 0. The lowest BCUT2D eigenvalue weighted by Gasteiger charge is -2.18. The van der Waals surface area contributed by atoms with Crippen LogP contribution in [0.25, 0.3) is 0 Å². The van der Waals surface area contributed by atoms with E-state index in [4.69, 9.17) is 14.2 Å². The SMILES string of the molecule is CCCC/C=C\CCCCCCCC(=O)OCC(COC(=O)CCCCCCCCCCCCCCCCCCCCCCC/C=C\CCCCCCCCCC)OC(=O)CCCCCCCCC/C=C\CCCCCCCCC. The maximum Gasteiger partial charge on any atom is 0.306 e. The van der Waals surface area contributed by atoms with Crippen LogP contribution in [-0.2, 0) is 28.6 Å². The molecule has 1 atom stereocenters. The summed E-state index contributed by atoms with van der Waals surface area (Å²) < 4.78 is 16.9. The molecule has 0 aromatic carbocycles. The van der Waals surface area contributed by atoms with E-state index >= 15 is 0 Å². The molecule has 0 aliphatic heterocycles. The number of allylic oxidation sites excluding steroid dienone is 6. The van der Waals surface area contributed by atoms with Gasteiger partial charge in [0.25, 0.3) is 0 Å². The van der Waals surface area contributed by atoms with Crippen LogP contribution in [0.15, 0.2) is 36.5 Å². The summed E-state index contributed by atoms with van der Waals surface area (Å²) in [7, 11) is 0. The van der Waals surface area contributed by atoms with Crippen LogP contribution in [0.5, 0.6) is 0 Å². The third-order valence-electron chi connectivity index (χ3n) is 16.3. The molecule has 0 bridgehead atoms. The summed E-state index contributed by atoms with van der Waals surface area (Å²) in [4.78, 5) is 38.3. The van der Waals surface area contributed by atoms with Crippen LogP contribution in [0.4, 0.5) is 0 Å². The molecule has 80 heavy (non-hydrogen) atoms. The smallest absolute Gasteiger partial charge is 0.306 e. The molecule has 0 N–H and O–H groups in total. The molecule has 0 aromatic heterocycles. The molecule has 0 fully saturated rings. The number of unbranched alkanes of at least 4 members (excludes halogenated alkanes) is 50. The van der Waals surface area contributed by atoms with Gasteiger partial charge < -0.3 is 14.2 Å². The van der Waals surface area contributed by atoms with Crippen LogP contribution < -0.4 is 0 Å². The van der Waals surface area contributed by atoms with Crippen molar-refractivity contribution in [3.8, 4) is 0 Å². The van der Waals surface area contributed by atoms with E-state index in [1.54, 1.807) is 0 Å². The van der Waals surface area contributed by atoms with Gasteiger partial charge in [0.1, 0.15) is 13.2 Å². The van der Waals surface area contributed by atoms with Crippen LogP contribution in [0.1, 0.15) is 400 Å². The molecule has 0 radical (unpaired) electrons. The zero-order chi connectivity index (χ0) is 57.8. The summed E-state index contributed by atoms with van der Waals surface area (Å²) in [5.41, 5.74) is 0. The van der Waals surface area contributed by atoms with Crippen LogP contribution in [-0.4, -0.2) is 37.2 Å². The minimum atomic E-state index is -0.776. The van der Waals surface area contributed by atoms with Crippen LogP contribution in [0, 0.1) is 0 Å². The first-order chi connectivity index (χ1) is 39.5. The van der Waals surface area contributed by atoms with Crippen molar-refractivity contribution in [1.82, 2.24) is 0 Å². The molecule has 0 amide bonds. The van der Waals surface area contributed by atoms with E-state index in [1.165, 1.54) is 295 Å². The van der Waals surface area contributed by atoms with E-state index in [0.29, 0.717) is 19.3 Å². The van der Waals surface area contributed by atoms with Gasteiger partial charge in [0.05, 0.1) is 0 Å². The summed E-state index contributed by atoms with van der Waals surface area (Å²) >= 11 is 0. The highest BCUT2D eigenvalue weighted by molar-refractivity contribution is 5.71. The van der Waals surface area contributed by atoms with Crippen LogP contribution in [0.2, 0.25) is 0 Å². The van der Waals surface area contributed by atoms with Gasteiger partial charge in [-0.15, -0.1) is 0 Å². The Bertz CT molecular complexity index is 1340. The fourth-order valence-electron chi connectivity index (χ4n) is 10.9. The molecule has 470 valence electrons. The number of ether oxygens (including phenoxy) is 3. The average Bonchev–Trinajstić information content (AvgIpc) is 3.46. The highest BCUT2D eigenvalue weighted by atomic mass is 16.6. The molecular weight excluding hydrogens is 985 g/mol. The maximum absolute atomic E-state index is 12.9. The second-order valence-electron chi connectivity index (χ2n) is 24.5. The lowest BCUT2D eigenvalue weighted by molar-refractivity contribution is -0.167. The number of esters is 3. The quantitative estimate of drug-likeness (QED) is 0.0261. The number of rotatable bonds is 67. The van der Waals surface area contributed by atoms with Crippen molar-refractivity contribution in [2.24, 2.45) is 0 Å². The van der Waals surface area contributed by atoms with Gasteiger partial charge in [-0.1, -0.05) is 327 Å². The maximum atomic E-state index is 12.9. The molecular formula is C74H138O6. The number of carbonyl (C=O) groups is 3. The third kappa shape index (κ3) is 66.4. The minimum Gasteiger partial charge on any atom is -0.462 e. The van der Waals surface area contributed by atoms with Gasteiger partial charge in [-0.25, -0.2) is 0 Å². The Kier molecular flexibility index (Phi) is 67.1. The van der Waals surface area contributed by atoms with Crippen molar-refractivity contribution in [2.75, 3.05) is 13.2 Å². The summed E-state index contributed by atoms with van der Waals surface area (Å²) in [6.45, 7) is 6.65. The second-order valence-corrected chi connectivity index (χ2v) is 24.5. The molecule has 6 heteroatoms. The van der Waals surface area contributed by atoms with Crippen molar-refractivity contribution >= 4 is 17.9 Å². The zero-order valence-corrected chi connectivity index (χ0v) is 54.1. The average molecular weight is 1120 g/mol. The first kappa shape index (κ1) is 77.6. The largest absolute Gasteiger partial charge is 0.462 e. The van der Waals surface area contributed by atoms with Crippen molar-refractivity contribution in [3.63, 3.8) is 0 Å². The molecule has 0 heterocycles. The number of carbonyl (C=O) groups excluding carboxylic acids is 3. The van der Waals surface area contributed by atoms with E-state index in [2.05, 4.69) is 57.2 Å². The topological polar surface area (TPSA) is 78.9 Å². The van der Waals surface area contributed by atoms with E-state index in [0.717, 1.165) is 64.2 Å². The highest BCUT2D eigenvalue weighted by Gasteiger charge is 2.19. The third-order valence-corrected chi connectivity index (χ3v) is 16.3. The molecule has 0 rings (SSSR count). The normalized spacial score (nSPS) is 12.2. The predicted octanol–water partition coefficient (Wildman–Crippen LogP) is 24.7. The van der Waals surface area contributed by atoms with Gasteiger partial charge in [0, 0.05) is 19.3 Å². The van der Waals surface area contributed by atoms with E-state index in [9.17, 15) is 14.4 Å². The molecule has 0 saturated heterocycles. The van der Waals surface area contributed by atoms with Gasteiger partial charge in [-0.2, -0.15) is 0 Å². The fraction of sp³-hybridized carbons (Fsp3) is 0.878. The van der Waals surface area contributed by atoms with Crippen molar-refractivity contribution in [3.05, 3.63) is 36.5 Å². The standard InChI is InChI=1S/C74H138O6/c1-4-7-10-13-16-19-22-24-26-28-30-31-32-33-34-35-36-37-38-39-40-41-42-43-44-46-47-49-52-55-58-61-64-67-73(76)79-70-71(69-78-72(75)66-63-60-57-54-51-21-18-15-12-9-6-3)80-74(77)68-65-62-59-56-53-50-48-45-29-27-25-23-20-17-14-11-8-5-2/h15,18,27-30,71H,4-14,16-17,19-26,31-70H2,1-3H3/b18-15-,29-27-,30-28-. The monoisotopic (exact) mass is 1120 g/mol. The fourth-order valence-corrected chi connectivity index (χ4v) is 10.9.